The quantitative estimate of drug-likeness (QED) is 0.0919. The van der Waals surface area contributed by atoms with Gasteiger partial charge in [0.1, 0.15) is 18.1 Å². The molecule has 13 nitrogen and oxygen atoms in total. The number of nitrogens with zero attached hydrogens (tertiary/aromatic N) is 1. The fourth-order valence-corrected chi connectivity index (χ4v) is 4.01. The van der Waals surface area contributed by atoms with E-state index in [-0.39, 0.29) is 19.3 Å². The number of rotatable bonds is 20. The Balaban J connectivity index is 2.96. The van der Waals surface area contributed by atoms with Crippen molar-refractivity contribution >= 4 is 35.5 Å². The van der Waals surface area contributed by atoms with Crippen LogP contribution >= 0.6 is 11.8 Å². The number of hydrogen-bond acceptors (Lipinski definition) is 9. The Kier molecular flexibility index (Phi) is 16.2. The molecule has 14 heteroatoms. The minimum absolute atomic E-state index is 0.0980. The van der Waals surface area contributed by atoms with E-state index in [1.165, 1.54) is 24.3 Å². The van der Waals surface area contributed by atoms with Gasteiger partial charge in [-0.1, -0.05) is 6.42 Å². The highest BCUT2D eigenvalue weighted by molar-refractivity contribution is 7.98. The first-order chi connectivity index (χ1) is 17.7. The lowest BCUT2D eigenvalue weighted by molar-refractivity contribution is -0.142. The Morgan fingerprint density at radius 2 is 1.51 bits per heavy atom. The van der Waals surface area contributed by atoms with Gasteiger partial charge in [0.25, 0.3) is 0 Å². The summed E-state index contributed by atoms with van der Waals surface area (Å²) in [5, 5.41) is 17.4. The van der Waals surface area contributed by atoms with Gasteiger partial charge in [0, 0.05) is 18.3 Å². The normalized spacial score (nSPS) is 14.3. The van der Waals surface area contributed by atoms with Crippen LogP contribution in [-0.2, 0) is 25.6 Å². The molecule has 4 atom stereocenters. The van der Waals surface area contributed by atoms with Gasteiger partial charge in [0.2, 0.25) is 17.7 Å². The number of imidazole rings is 1. The molecule has 210 valence electrons. The van der Waals surface area contributed by atoms with Crippen LogP contribution in [0.2, 0.25) is 0 Å². The van der Waals surface area contributed by atoms with E-state index in [9.17, 15) is 24.3 Å². The van der Waals surface area contributed by atoms with E-state index in [2.05, 4.69) is 25.9 Å². The number of thioether (sulfide) groups is 1. The molecule has 0 aromatic carbocycles. The average Bonchev–Trinajstić information content (AvgIpc) is 3.38. The summed E-state index contributed by atoms with van der Waals surface area (Å²) < 4.78 is 0. The summed E-state index contributed by atoms with van der Waals surface area (Å²) in [6, 6.07) is -3.93. The van der Waals surface area contributed by atoms with Crippen LogP contribution in [0, 0.1) is 0 Å². The maximum atomic E-state index is 13.3. The lowest BCUT2D eigenvalue weighted by Gasteiger charge is -2.25. The van der Waals surface area contributed by atoms with Gasteiger partial charge in [0.05, 0.1) is 12.4 Å². The number of carboxylic acid groups (broad SMARTS) is 1. The summed E-state index contributed by atoms with van der Waals surface area (Å²) in [5.74, 6) is -2.30. The van der Waals surface area contributed by atoms with Gasteiger partial charge in [-0.25, -0.2) is 9.78 Å². The highest BCUT2D eigenvalue weighted by atomic mass is 32.2. The average molecular weight is 543 g/mol. The molecule has 0 spiro atoms. The van der Waals surface area contributed by atoms with Crippen molar-refractivity contribution in [3.63, 3.8) is 0 Å². The minimum atomic E-state index is -1.16. The zero-order valence-electron chi connectivity index (χ0n) is 21.4. The number of aliphatic carboxylic acids is 1. The number of carbonyl (C=O) groups excluding carboxylic acids is 3. The first-order valence-electron chi connectivity index (χ1n) is 12.5. The van der Waals surface area contributed by atoms with Crippen molar-refractivity contribution in [2.75, 3.05) is 25.1 Å². The summed E-state index contributed by atoms with van der Waals surface area (Å²) in [6.45, 7) is 0.918. The SMILES string of the molecule is CSCCC(NC(=O)C(Cc1cnc[nH]1)NC(=O)C(N)CCCCN)C(=O)NC(CCCCN)C(=O)O. The number of carboxylic acids is 1. The van der Waals surface area contributed by atoms with E-state index >= 15 is 0 Å². The van der Waals surface area contributed by atoms with Crippen molar-refractivity contribution in [1.29, 1.82) is 0 Å². The van der Waals surface area contributed by atoms with Gasteiger partial charge < -0.3 is 43.2 Å². The second-order valence-electron chi connectivity index (χ2n) is 8.76. The molecule has 1 heterocycles. The fraction of sp³-hybridized carbons (Fsp3) is 0.696. The Hall–Kier alpha value is -2.68. The predicted molar refractivity (Wildman–Crippen MR) is 143 cm³/mol. The number of H-pyrrole nitrogens is 1. The van der Waals surface area contributed by atoms with Crippen molar-refractivity contribution in [3.05, 3.63) is 18.2 Å². The van der Waals surface area contributed by atoms with Gasteiger partial charge in [0.15, 0.2) is 0 Å². The highest BCUT2D eigenvalue weighted by Gasteiger charge is 2.30. The van der Waals surface area contributed by atoms with E-state index in [0.29, 0.717) is 50.2 Å². The van der Waals surface area contributed by atoms with E-state index in [1.807, 2.05) is 6.26 Å². The maximum Gasteiger partial charge on any atom is 0.326 e. The second kappa shape index (κ2) is 18.5. The van der Waals surface area contributed by atoms with Crippen molar-refractivity contribution in [2.24, 2.45) is 17.2 Å². The summed E-state index contributed by atoms with van der Waals surface area (Å²) in [6.07, 6.45) is 8.44. The summed E-state index contributed by atoms with van der Waals surface area (Å²) in [7, 11) is 0. The molecule has 0 saturated carbocycles. The van der Waals surface area contributed by atoms with Crippen molar-refractivity contribution in [2.45, 2.75) is 75.5 Å². The molecule has 4 unspecified atom stereocenters. The standard InChI is InChI=1S/C23H42N8O5S/c1-37-11-8-17(21(33)30-18(23(35)36)7-3-5-10-25)29-22(34)19(12-15-13-27-14-28-15)31-20(32)16(26)6-2-4-9-24/h13-14,16-19H,2-12,24-26H2,1H3,(H,27,28)(H,29,34)(H,30,33)(H,31,32)(H,35,36). The predicted octanol–water partition coefficient (Wildman–Crippen LogP) is -1.17. The summed E-state index contributed by atoms with van der Waals surface area (Å²) in [4.78, 5) is 57.4. The Morgan fingerprint density at radius 3 is 2.08 bits per heavy atom. The molecular weight excluding hydrogens is 500 g/mol. The molecule has 0 aliphatic rings. The topological polar surface area (TPSA) is 231 Å². The Bertz CT molecular complexity index is 826. The number of nitrogens with one attached hydrogen (secondary N) is 4. The van der Waals surface area contributed by atoms with Crippen LogP contribution in [0.1, 0.15) is 50.6 Å². The van der Waals surface area contributed by atoms with Crippen molar-refractivity contribution in [3.8, 4) is 0 Å². The second-order valence-corrected chi connectivity index (χ2v) is 9.75. The largest absolute Gasteiger partial charge is 0.480 e. The highest BCUT2D eigenvalue weighted by Crippen LogP contribution is 2.07. The molecule has 0 aliphatic carbocycles. The summed E-state index contributed by atoms with van der Waals surface area (Å²) in [5.41, 5.74) is 17.6. The van der Waals surface area contributed by atoms with Gasteiger partial charge in [-0.2, -0.15) is 11.8 Å². The lowest BCUT2D eigenvalue weighted by atomic mass is 10.1. The first-order valence-corrected chi connectivity index (χ1v) is 13.9. The van der Waals surface area contributed by atoms with Crippen molar-refractivity contribution in [1.82, 2.24) is 25.9 Å². The third kappa shape index (κ3) is 12.9. The zero-order chi connectivity index (χ0) is 27.6. The van der Waals surface area contributed by atoms with Gasteiger partial charge in [-0.05, 0) is 63.6 Å². The van der Waals surface area contributed by atoms with Crippen LogP contribution in [0.3, 0.4) is 0 Å². The molecule has 37 heavy (non-hydrogen) atoms. The minimum Gasteiger partial charge on any atom is -0.480 e. The van der Waals surface area contributed by atoms with E-state index in [1.54, 1.807) is 0 Å². The number of unbranched alkanes of at least 4 members (excludes halogenated alkanes) is 2. The van der Waals surface area contributed by atoms with E-state index < -0.39 is 47.9 Å². The molecule has 1 rings (SSSR count). The number of amides is 3. The monoisotopic (exact) mass is 542 g/mol. The third-order valence-corrected chi connectivity index (χ3v) is 6.37. The number of aromatic amines is 1. The molecule has 3 amide bonds. The summed E-state index contributed by atoms with van der Waals surface area (Å²) >= 11 is 1.48. The Labute approximate surface area is 221 Å². The van der Waals surface area contributed by atoms with E-state index in [4.69, 9.17) is 17.2 Å². The zero-order valence-corrected chi connectivity index (χ0v) is 22.2. The molecule has 0 fully saturated rings. The molecule has 0 bridgehead atoms. The van der Waals surface area contributed by atoms with Gasteiger partial charge >= 0.3 is 5.97 Å². The van der Waals surface area contributed by atoms with Gasteiger partial charge in [-0.15, -0.1) is 0 Å². The molecule has 1 aromatic heterocycles. The third-order valence-electron chi connectivity index (χ3n) is 5.72. The van der Waals surface area contributed by atoms with Gasteiger partial charge in [-0.3, -0.25) is 14.4 Å². The smallest absolute Gasteiger partial charge is 0.326 e. The van der Waals surface area contributed by atoms with E-state index in [0.717, 1.165) is 6.42 Å². The fourth-order valence-electron chi connectivity index (χ4n) is 3.54. The van der Waals surface area contributed by atoms with Crippen LogP contribution in [0.25, 0.3) is 0 Å². The first kappa shape index (κ1) is 32.3. The number of hydrogen-bond donors (Lipinski definition) is 8. The molecular formula is C23H42N8O5S. The number of nitrogens with two attached hydrogens (primary N) is 3. The molecule has 0 radical (unpaired) electrons. The number of carbonyl (C=O) groups is 4. The van der Waals surface area contributed by atoms with Crippen LogP contribution in [0.4, 0.5) is 0 Å². The molecule has 0 saturated heterocycles. The Morgan fingerprint density at radius 1 is 0.919 bits per heavy atom. The van der Waals surface area contributed by atoms with Crippen LogP contribution in [0.5, 0.6) is 0 Å². The molecule has 1 aromatic rings. The molecule has 0 aliphatic heterocycles. The number of aromatic nitrogens is 2. The van der Waals surface area contributed by atoms with Crippen LogP contribution in [0.15, 0.2) is 12.5 Å². The molecule has 11 N–H and O–H groups in total. The maximum absolute atomic E-state index is 13.3. The van der Waals surface area contributed by atoms with Crippen molar-refractivity contribution < 1.29 is 24.3 Å². The van der Waals surface area contributed by atoms with Crippen LogP contribution < -0.4 is 33.2 Å². The van der Waals surface area contributed by atoms with Crippen LogP contribution in [-0.4, -0.2) is 88.0 Å². The lowest BCUT2D eigenvalue weighted by Crippen LogP contribution is -2.57.